The number of ether oxygens (including phenoxy) is 1. The van der Waals surface area contributed by atoms with Gasteiger partial charge in [0, 0.05) is 18.7 Å². The summed E-state index contributed by atoms with van der Waals surface area (Å²) < 4.78 is 7.52. The van der Waals surface area contributed by atoms with Gasteiger partial charge >= 0.3 is 5.97 Å². The van der Waals surface area contributed by atoms with Crippen LogP contribution in [0.1, 0.15) is 24.2 Å². The molecule has 0 aliphatic heterocycles. The third-order valence-corrected chi connectivity index (χ3v) is 3.42. The van der Waals surface area contributed by atoms with Gasteiger partial charge in [0.05, 0.1) is 17.3 Å². The minimum absolute atomic E-state index is 0.171. The van der Waals surface area contributed by atoms with Gasteiger partial charge in [0.25, 0.3) is 0 Å². The predicted octanol–water partition coefficient (Wildman–Crippen LogP) is 2.22. The van der Waals surface area contributed by atoms with Crippen LogP contribution in [0.5, 0.6) is 0 Å². The smallest absolute Gasteiger partial charge is 0.305 e. The molecular formula is C10H15BrN2O2. The van der Waals surface area contributed by atoms with Crippen LogP contribution in [0.4, 0.5) is 0 Å². The highest BCUT2D eigenvalue weighted by atomic mass is 79.9. The zero-order chi connectivity index (χ0) is 11.4. The molecule has 0 saturated heterocycles. The summed E-state index contributed by atoms with van der Waals surface area (Å²) >= 11 is 3.46. The number of hydrogen-bond donors (Lipinski definition) is 0. The van der Waals surface area contributed by atoms with E-state index in [0.717, 1.165) is 28.8 Å². The van der Waals surface area contributed by atoms with Crippen LogP contribution in [0.3, 0.4) is 0 Å². The summed E-state index contributed by atoms with van der Waals surface area (Å²) in [4.78, 5) is 10.9. The second kappa shape index (κ2) is 5.30. The zero-order valence-electron chi connectivity index (χ0n) is 9.21. The number of aryl methyl sites for hydroxylation is 2. The monoisotopic (exact) mass is 274 g/mol. The number of hydrogen-bond acceptors (Lipinski definition) is 3. The number of nitrogens with zero attached hydrogens (tertiary/aromatic N) is 2. The lowest BCUT2D eigenvalue weighted by Gasteiger charge is -2.03. The quantitative estimate of drug-likeness (QED) is 0.791. The van der Waals surface area contributed by atoms with Crippen molar-refractivity contribution in [3.8, 4) is 0 Å². The summed E-state index contributed by atoms with van der Waals surface area (Å²) in [6.45, 7) is 4.70. The fourth-order valence-electron chi connectivity index (χ4n) is 1.37. The minimum Gasteiger partial charge on any atom is -0.469 e. The first-order valence-electron chi connectivity index (χ1n) is 4.82. The van der Waals surface area contributed by atoms with E-state index >= 15 is 0 Å². The Kier molecular flexibility index (Phi) is 4.32. The van der Waals surface area contributed by atoms with E-state index in [-0.39, 0.29) is 5.97 Å². The Hall–Kier alpha value is -0.840. The summed E-state index contributed by atoms with van der Waals surface area (Å²) in [5.41, 5.74) is 2.07. The summed E-state index contributed by atoms with van der Waals surface area (Å²) in [5.74, 6) is -0.171. The molecule has 0 aliphatic rings. The fourth-order valence-corrected chi connectivity index (χ4v) is 1.65. The Morgan fingerprint density at radius 3 is 2.67 bits per heavy atom. The van der Waals surface area contributed by atoms with E-state index in [1.165, 1.54) is 7.11 Å². The molecule has 1 aromatic heterocycles. The maximum absolute atomic E-state index is 10.9. The average molecular weight is 275 g/mol. The lowest BCUT2D eigenvalue weighted by Crippen LogP contribution is -2.06. The molecule has 84 valence electrons. The molecule has 5 heteroatoms. The van der Waals surface area contributed by atoms with Crippen molar-refractivity contribution in [3.05, 3.63) is 15.9 Å². The minimum atomic E-state index is -0.171. The molecule has 1 aromatic rings. The molecule has 0 aromatic carbocycles. The molecule has 1 rings (SSSR count). The molecule has 15 heavy (non-hydrogen) atoms. The average Bonchev–Trinajstić information content (AvgIpc) is 2.46. The molecule has 1 heterocycles. The van der Waals surface area contributed by atoms with Crippen LogP contribution in [0.15, 0.2) is 4.47 Å². The van der Waals surface area contributed by atoms with Crippen LogP contribution < -0.4 is 0 Å². The zero-order valence-corrected chi connectivity index (χ0v) is 10.8. The lowest BCUT2D eigenvalue weighted by atomic mass is 10.3. The van der Waals surface area contributed by atoms with Crippen LogP contribution >= 0.6 is 15.9 Å². The first-order valence-corrected chi connectivity index (χ1v) is 5.62. The van der Waals surface area contributed by atoms with Gasteiger partial charge in [-0.25, -0.2) is 0 Å². The van der Waals surface area contributed by atoms with Crippen LogP contribution in [0.25, 0.3) is 0 Å². The topological polar surface area (TPSA) is 44.1 Å². The maximum Gasteiger partial charge on any atom is 0.305 e. The fraction of sp³-hybridized carbons (Fsp3) is 0.600. The molecule has 0 radical (unpaired) electrons. The van der Waals surface area contributed by atoms with E-state index in [2.05, 4.69) is 25.8 Å². The van der Waals surface area contributed by atoms with E-state index in [9.17, 15) is 4.79 Å². The molecule has 0 bridgehead atoms. The highest BCUT2D eigenvalue weighted by Gasteiger charge is 2.08. The molecule has 0 unspecified atom stereocenters. The van der Waals surface area contributed by atoms with E-state index < -0.39 is 0 Å². The second-order valence-electron chi connectivity index (χ2n) is 3.39. The van der Waals surface area contributed by atoms with Gasteiger partial charge in [-0.05, 0) is 36.2 Å². The molecule has 0 atom stereocenters. The van der Waals surface area contributed by atoms with Gasteiger partial charge in [-0.15, -0.1) is 0 Å². The molecule has 0 aliphatic carbocycles. The Bertz CT molecular complexity index is 361. The third kappa shape index (κ3) is 3.06. The predicted molar refractivity (Wildman–Crippen MR) is 60.7 cm³/mol. The molecular weight excluding hydrogens is 260 g/mol. The van der Waals surface area contributed by atoms with Crippen molar-refractivity contribution in [2.75, 3.05) is 7.11 Å². The van der Waals surface area contributed by atoms with Gasteiger partial charge in [-0.1, -0.05) is 0 Å². The third-order valence-electron chi connectivity index (χ3n) is 2.27. The van der Waals surface area contributed by atoms with Crippen molar-refractivity contribution < 1.29 is 9.53 Å². The molecule has 0 N–H and O–H groups in total. The Morgan fingerprint density at radius 2 is 2.20 bits per heavy atom. The van der Waals surface area contributed by atoms with Crippen molar-refractivity contribution in [1.82, 2.24) is 9.78 Å². The largest absolute Gasteiger partial charge is 0.469 e. The molecule has 0 amide bonds. The Balaban J connectivity index is 2.51. The standard InChI is InChI=1S/C10H15BrN2O2/c1-7-10(11)8(2)13(12-7)6-4-5-9(14)15-3/h4-6H2,1-3H3. The number of methoxy groups -OCH3 is 1. The summed E-state index contributed by atoms with van der Waals surface area (Å²) in [6, 6.07) is 0. The molecule has 0 saturated carbocycles. The van der Waals surface area contributed by atoms with E-state index in [0.29, 0.717) is 6.42 Å². The number of carbonyl (C=O) groups is 1. The number of halogens is 1. The maximum atomic E-state index is 10.9. The van der Waals surface area contributed by atoms with E-state index in [1.54, 1.807) is 0 Å². The first kappa shape index (κ1) is 12.2. The lowest BCUT2D eigenvalue weighted by molar-refractivity contribution is -0.140. The van der Waals surface area contributed by atoms with Crippen molar-refractivity contribution in [3.63, 3.8) is 0 Å². The highest BCUT2D eigenvalue weighted by Crippen LogP contribution is 2.19. The van der Waals surface area contributed by atoms with Gasteiger partial charge < -0.3 is 4.74 Å². The van der Waals surface area contributed by atoms with Crippen molar-refractivity contribution in [2.24, 2.45) is 0 Å². The summed E-state index contributed by atoms with van der Waals surface area (Å²) in [6.07, 6.45) is 1.19. The molecule has 0 spiro atoms. The van der Waals surface area contributed by atoms with E-state index in [1.807, 2.05) is 18.5 Å². The number of esters is 1. The number of carbonyl (C=O) groups excluding carboxylic acids is 1. The van der Waals surface area contributed by atoms with Gasteiger partial charge in [-0.3, -0.25) is 9.48 Å². The normalized spacial score (nSPS) is 10.4. The van der Waals surface area contributed by atoms with Gasteiger partial charge in [0.1, 0.15) is 0 Å². The van der Waals surface area contributed by atoms with E-state index in [4.69, 9.17) is 0 Å². The summed E-state index contributed by atoms with van der Waals surface area (Å²) in [7, 11) is 1.40. The van der Waals surface area contributed by atoms with Crippen LogP contribution in [0.2, 0.25) is 0 Å². The van der Waals surface area contributed by atoms with Crippen LogP contribution in [-0.4, -0.2) is 22.9 Å². The van der Waals surface area contributed by atoms with Gasteiger partial charge in [0.2, 0.25) is 0 Å². The molecule has 4 nitrogen and oxygen atoms in total. The highest BCUT2D eigenvalue weighted by molar-refractivity contribution is 9.10. The Morgan fingerprint density at radius 1 is 1.53 bits per heavy atom. The summed E-state index contributed by atoms with van der Waals surface area (Å²) in [5, 5.41) is 4.35. The van der Waals surface area contributed by atoms with Gasteiger partial charge in [0.15, 0.2) is 0 Å². The van der Waals surface area contributed by atoms with Crippen molar-refractivity contribution in [1.29, 1.82) is 0 Å². The SMILES string of the molecule is COC(=O)CCCn1nc(C)c(Br)c1C. The number of aromatic nitrogens is 2. The number of rotatable bonds is 4. The first-order chi connectivity index (χ1) is 7.06. The van der Waals surface area contributed by atoms with Gasteiger partial charge in [-0.2, -0.15) is 5.10 Å². The van der Waals surface area contributed by atoms with Crippen LogP contribution in [-0.2, 0) is 16.1 Å². The van der Waals surface area contributed by atoms with Crippen molar-refractivity contribution in [2.45, 2.75) is 33.2 Å². The molecule has 0 fully saturated rings. The second-order valence-corrected chi connectivity index (χ2v) is 4.18. The Labute approximate surface area is 97.7 Å². The van der Waals surface area contributed by atoms with Crippen molar-refractivity contribution >= 4 is 21.9 Å². The van der Waals surface area contributed by atoms with Crippen LogP contribution in [0, 0.1) is 13.8 Å².